The minimum Gasteiger partial charge on any atom is -0.481 e. The van der Waals surface area contributed by atoms with Gasteiger partial charge >= 0.3 is 23.9 Å². The number of rotatable bonds is 21. The fraction of sp³-hybridized carbons (Fsp3) is 0.680. The predicted molar refractivity (Wildman–Crippen MR) is 153 cm³/mol. The predicted octanol–water partition coefficient (Wildman–Crippen LogP) is 3.11. The molecule has 240 valence electrons. The highest BCUT2D eigenvalue weighted by atomic mass is 31.2. The lowest BCUT2D eigenvalue weighted by molar-refractivity contribution is -0.145. The highest BCUT2D eigenvalue weighted by molar-refractivity contribution is 7.58. The van der Waals surface area contributed by atoms with E-state index in [-0.39, 0.29) is 85.4 Å². The Hall–Kier alpha value is -2.34. The first-order chi connectivity index (χ1) is 18.5. The van der Waals surface area contributed by atoms with Crippen LogP contribution in [0.4, 0.5) is 0 Å². The molecule has 0 bridgehead atoms. The van der Waals surface area contributed by atoms with Gasteiger partial charge in [-0.1, -0.05) is 20.6 Å². The van der Waals surface area contributed by atoms with E-state index in [0.29, 0.717) is 11.1 Å². The van der Waals surface area contributed by atoms with Crippen LogP contribution in [-0.2, 0) is 56.5 Å². The summed E-state index contributed by atoms with van der Waals surface area (Å²) in [7, 11) is -6.07. The normalized spacial score (nSPS) is 13.1. The fourth-order valence-electron chi connectivity index (χ4n) is 2.08. The first kappa shape index (κ1) is 43.1. The number of carbonyl (C=O) groups excluding carboxylic acids is 3. The van der Waals surface area contributed by atoms with Crippen molar-refractivity contribution in [2.24, 2.45) is 0 Å². The third-order valence-corrected chi connectivity index (χ3v) is 6.98. The second kappa shape index (κ2) is 24.3. The lowest BCUT2D eigenvalue weighted by Gasteiger charge is -2.13. The molecule has 0 fully saturated rings. The molecule has 2 N–H and O–H groups in total. The largest absolute Gasteiger partial charge is 0.481 e. The summed E-state index contributed by atoms with van der Waals surface area (Å²) in [4.78, 5) is 52.5. The van der Waals surface area contributed by atoms with Crippen molar-refractivity contribution in [1.29, 1.82) is 0 Å². The second-order valence-corrected chi connectivity index (χ2v) is 13.8. The quantitative estimate of drug-likeness (QED) is 0.0615. The fourth-order valence-corrected chi connectivity index (χ4v) is 3.86. The van der Waals surface area contributed by atoms with E-state index in [1.807, 2.05) is 0 Å². The van der Waals surface area contributed by atoms with Gasteiger partial charge in [-0.25, -0.2) is 9.59 Å². The Bertz CT molecular complexity index is 925. The summed E-state index contributed by atoms with van der Waals surface area (Å²) in [5.41, 5.74) is 0.634. The first-order valence-corrected chi connectivity index (χ1v) is 16.7. The average molecular weight is 633 g/mol. The summed E-state index contributed by atoms with van der Waals surface area (Å²) in [6.07, 6.45) is -0.381. The van der Waals surface area contributed by atoms with Gasteiger partial charge in [0.05, 0.1) is 45.9 Å². The number of hydrogen-bond acceptors (Lipinski definition) is 12. The topological polar surface area (TPSA) is 198 Å². The molecule has 41 heavy (non-hydrogen) atoms. The van der Waals surface area contributed by atoms with Gasteiger partial charge in [0.15, 0.2) is 7.37 Å². The van der Waals surface area contributed by atoms with Crippen LogP contribution in [0.15, 0.2) is 24.3 Å². The van der Waals surface area contributed by atoms with Gasteiger partial charge in [-0.15, -0.1) is 0 Å². The summed E-state index contributed by atoms with van der Waals surface area (Å²) in [6, 6.07) is 0. The number of esters is 3. The summed E-state index contributed by atoms with van der Waals surface area (Å²) in [5, 5.41) is 8.48. The van der Waals surface area contributed by atoms with Crippen molar-refractivity contribution in [2.75, 3.05) is 78.5 Å². The van der Waals surface area contributed by atoms with E-state index in [0.717, 1.165) is 0 Å². The molecule has 14 nitrogen and oxygen atoms in total. The summed E-state index contributed by atoms with van der Waals surface area (Å²) >= 11 is 0. The molecule has 0 saturated heterocycles. The molecule has 0 aromatic heterocycles. The van der Waals surface area contributed by atoms with Gasteiger partial charge in [0.2, 0.25) is 7.37 Å². The molecule has 0 amide bonds. The van der Waals surface area contributed by atoms with Crippen LogP contribution in [0.3, 0.4) is 0 Å². The molecule has 0 aromatic carbocycles. The van der Waals surface area contributed by atoms with Crippen LogP contribution in [0.2, 0.25) is 0 Å². The number of carboxylic acid groups (broad SMARTS) is 1. The minimum atomic E-state index is -3.18. The maximum Gasteiger partial charge on any atom is 0.333 e. The summed E-state index contributed by atoms with van der Waals surface area (Å²) < 4.78 is 52.3. The SMILES string of the molecule is C.C=C(C)C(=O)OCCOCCOC(=O)CCP(C)(=O)O.C=C(C)C(=O)OCCOCCOP(C)(=O)CCC(=O)O. The van der Waals surface area contributed by atoms with Gasteiger partial charge in [-0.3, -0.25) is 18.7 Å². The van der Waals surface area contributed by atoms with Gasteiger partial charge in [-0.05, 0) is 13.8 Å². The van der Waals surface area contributed by atoms with Gasteiger partial charge < -0.3 is 38.2 Å². The molecule has 0 spiro atoms. The molecule has 0 aromatic rings. The molecule has 0 radical (unpaired) electrons. The maximum atomic E-state index is 11.8. The van der Waals surface area contributed by atoms with Crippen molar-refractivity contribution in [3.63, 3.8) is 0 Å². The lowest BCUT2D eigenvalue weighted by Crippen LogP contribution is -2.15. The van der Waals surface area contributed by atoms with Gasteiger partial charge in [0.1, 0.15) is 19.8 Å². The van der Waals surface area contributed by atoms with E-state index >= 15 is 0 Å². The first-order valence-electron chi connectivity index (χ1n) is 12.2. The summed E-state index contributed by atoms with van der Waals surface area (Å²) in [5.74, 6) is -2.51. The van der Waals surface area contributed by atoms with E-state index in [4.69, 9.17) is 38.2 Å². The molecule has 16 heteroatoms. The van der Waals surface area contributed by atoms with Crippen molar-refractivity contribution in [2.45, 2.75) is 34.1 Å². The van der Waals surface area contributed by atoms with Gasteiger partial charge in [0.25, 0.3) is 0 Å². The highest BCUT2D eigenvalue weighted by Crippen LogP contribution is 2.42. The number of aliphatic carboxylic acids is 1. The Morgan fingerprint density at radius 1 is 0.683 bits per heavy atom. The van der Waals surface area contributed by atoms with Crippen molar-refractivity contribution >= 4 is 38.6 Å². The van der Waals surface area contributed by atoms with Crippen LogP contribution in [0.5, 0.6) is 0 Å². The van der Waals surface area contributed by atoms with Crippen LogP contribution in [0, 0.1) is 0 Å². The zero-order chi connectivity index (χ0) is 31.2. The smallest absolute Gasteiger partial charge is 0.333 e. The van der Waals surface area contributed by atoms with Crippen molar-refractivity contribution in [3.05, 3.63) is 24.3 Å². The molecule has 0 aliphatic heterocycles. The van der Waals surface area contributed by atoms with E-state index < -0.39 is 38.6 Å². The van der Waals surface area contributed by atoms with Crippen LogP contribution in [-0.4, -0.2) is 112 Å². The molecule has 0 aliphatic carbocycles. The van der Waals surface area contributed by atoms with E-state index in [1.165, 1.54) is 13.3 Å². The average Bonchev–Trinajstić information content (AvgIpc) is 2.84. The van der Waals surface area contributed by atoms with Crippen LogP contribution < -0.4 is 0 Å². The maximum absolute atomic E-state index is 11.8. The number of ether oxygens (including phenoxy) is 5. The molecular weight excluding hydrogens is 586 g/mol. The lowest BCUT2D eigenvalue weighted by atomic mass is 10.4. The molecule has 0 rings (SSSR count). The molecule has 2 unspecified atom stereocenters. The van der Waals surface area contributed by atoms with Crippen LogP contribution in [0.25, 0.3) is 0 Å². The second-order valence-electron chi connectivity index (χ2n) is 8.52. The Morgan fingerprint density at radius 2 is 1.10 bits per heavy atom. The standard InChI is InChI=1S/2C12H21O7P.CH4/c1-10(2)12(14)19-8-6-17-5-7-18-11(13)4-9-20(3,15)16;1-10(2)12(15)18-7-5-17-6-8-19-20(3,16)9-4-11(13)14;/h1,4-9H2,2-3H3,(H,15,16);1,4-9H2,2-3H3,(H,13,14);1H4. The molecule has 0 aliphatic rings. The molecular formula is C25H46O14P2. The van der Waals surface area contributed by atoms with Gasteiger partial charge in [0, 0.05) is 36.8 Å². The third-order valence-electron chi connectivity index (χ3n) is 4.16. The van der Waals surface area contributed by atoms with Gasteiger partial charge in [-0.2, -0.15) is 0 Å². The van der Waals surface area contributed by atoms with Crippen molar-refractivity contribution in [3.8, 4) is 0 Å². The summed E-state index contributed by atoms with van der Waals surface area (Å²) in [6.45, 7) is 13.6. The zero-order valence-electron chi connectivity index (χ0n) is 23.6. The number of hydrogen-bond donors (Lipinski definition) is 2. The zero-order valence-corrected chi connectivity index (χ0v) is 25.4. The molecule has 0 saturated carbocycles. The number of carbonyl (C=O) groups is 4. The van der Waals surface area contributed by atoms with E-state index in [1.54, 1.807) is 13.8 Å². The van der Waals surface area contributed by atoms with Crippen LogP contribution >= 0.6 is 14.7 Å². The molecule has 2 atom stereocenters. The Balaban J connectivity index is -0.000000688. The Labute approximate surface area is 242 Å². The third kappa shape index (κ3) is 32.0. The Morgan fingerprint density at radius 3 is 1.49 bits per heavy atom. The van der Waals surface area contributed by atoms with Crippen molar-refractivity contribution in [1.82, 2.24) is 0 Å². The van der Waals surface area contributed by atoms with E-state index in [2.05, 4.69) is 13.2 Å². The Kier molecular flexibility index (Phi) is 25.5. The van der Waals surface area contributed by atoms with Crippen LogP contribution in [0.1, 0.15) is 34.1 Å². The highest BCUT2D eigenvalue weighted by Gasteiger charge is 2.17. The monoisotopic (exact) mass is 632 g/mol. The van der Waals surface area contributed by atoms with Crippen molar-refractivity contribution < 1.29 is 66.5 Å². The molecule has 0 heterocycles. The van der Waals surface area contributed by atoms with E-state index in [9.17, 15) is 28.3 Å². The minimum absolute atomic E-state index is 0. The number of carboxylic acids is 1.